The first-order valence-corrected chi connectivity index (χ1v) is 11.7. The summed E-state index contributed by atoms with van der Waals surface area (Å²) in [5.74, 6) is 1.21. The van der Waals surface area contributed by atoms with E-state index < -0.39 is 0 Å². The van der Waals surface area contributed by atoms with Crippen molar-refractivity contribution in [2.24, 2.45) is 0 Å². The van der Waals surface area contributed by atoms with E-state index in [4.69, 9.17) is 19.2 Å². The second-order valence-corrected chi connectivity index (χ2v) is 8.22. The number of benzene rings is 3. The van der Waals surface area contributed by atoms with Crippen molar-refractivity contribution in [2.45, 2.75) is 5.16 Å². The van der Waals surface area contributed by atoms with Crippen LogP contribution in [0.1, 0.15) is 0 Å². The van der Waals surface area contributed by atoms with Gasteiger partial charge in [0.2, 0.25) is 16.8 Å². The summed E-state index contributed by atoms with van der Waals surface area (Å²) in [4.78, 5) is 17.4. The Morgan fingerprint density at radius 2 is 1.37 bits per heavy atom. The van der Waals surface area contributed by atoms with E-state index in [2.05, 4.69) is 15.5 Å². The van der Waals surface area contributed by atoms with E-state index in [0.29, 0.717) is 39.5 Å². The molecule has 0 bridgehead atoms. The minimum atomic E-state index is -0.235. The summed E-state index contributed by atoms with van der Waals surface area (Å²) in [6, 6.07) is 22.9. The molecule has 4 rings (SSSR count). The Kier molecular flexibility index (Phi) is 7.79. The van der Waals surface area contributed by atoms with Crippen LogP contribution >= 0.6 is 11.8 Å². The van der Waals surface area contributed by atoms with Gasteiger partial charge in [-0.1, -0.05) is 72.4 Å². The molecule has 178 valence electrons. The van der Waals surface area contributed by atoms with Crippen LogP contribution in [0.2, 0.25) is 0 Å². The van der Waals surface area contributed by atoms with Gasteiger partial charge in [-0.2, -0.15) is 0 Å². The van der Waals surface area contributed by atoms with Gasteiger partial charge in [0.1, 0.15) is 11.4 Å². The fourth-order valence-corrected chi connectivity index (χ4v) is 4.03. The minimum absolute atomic E-state index is 0.0945. The van der Waals surface area contributed by atoms with E-state index >= 15 is 0 Å². The fourth-order valence-electron chi connectivity index (χ4n) is 3.44. The molecule has 0 unspecified atom stereocenters. The Bertz CT molecular complexity index is 1280. The number of hydrogen-bond donors (Lipinski definition) is 1. The van der Waals surface area contributed by atoms with Crippen LogP contribution in [0, 0.1) is 0 Å². The molecule has 9 heteroatoms. The highest BCUT2D eigenvalue weighted by Gasteiger charge is 2.17. The van der Waals surface area contributed by atoms with Crippen LogP contribution in [0.5, 0.6) is 17.2 Å². The molecule has 4 aromatic rings. The van der Waals surface area contributed by atoms with Gasteiger partial charge in [0.15, 0.2) is 11.5 Å². The average Bonchev–Trinajstić information content (AvgIpc) is 2.92. The summed E-state index contributed by atoms with van der Waals surface area (Å²) in [5, 5.41) is 12.0. The van der Waals surface area contributed by atoms with Gasteiger partial charge in [0.25, 0.3) is 0 Å². The molecule has 8 nitrogen and oxygen atoms in total. The molecule has 0 saturated heterocycles. The maximum absolute atomic E-state index is 12.7. The molecule has 1 heterocycles. The van der Waals surface area contributed by atoms with Crippen LogP contribution in [0.25, 0.3) is 22.5 Å². The first-order chi connectivity index (χ1) is 17.1. The monoisotopic (exact) mass is 488 g/mol. The normalized spacial score (nSPS) is 10.5. The van der Waals surface area contributed by atoms with Gasteiger partial charge in [-0.05, 0) is 0 Å². The van der Waals surface area contributed by atoms with Crippen LogP contribution in [0.15, 0.2) is 78.0 Å². The van der Waals surface area contributed by atoms with Crippen molar-refractivity contribution in [3.8, 4) is 39.8 Å². The molecular formula is C26H24N4O4S. The number of amides is 1. The SMILES string of the molecule is COc1cc(NC(=O)CSc2nnc(-c3ccccc3)c(-c3ccccc3)n2)cc(OC)c1OC. The molecule has 1 aromatic heterocycles. The summed E-state index contributed by atoms with van der Waals surface area (Å²) in [5.41, 5.74) is 3.75. The number of nitrogens with one attached hydrogen (secondary N) is 1. The van der Waals surface area contributed by atoms with Gasteiger partial charge in [-0.25, -0.2) is 4.98 Å². The van der Waals surface area contributed by atoms with Crippen molar-refractivity contribution in [2.75, 3.05) is 32.4 Å². The largest absolute Gasteiger partial charge is 0.493 e. The molecule has 0 atom stereocenters. The summed E-state index contributed by atoms with van der Waals surface area (Å²) >= 11 is 1.20. The third kappa shape index (κ3) is 5.70. The Balaban J connectivity index is 1.53. The van der Waals surface area contributed by atoms with Crippen molar-refractivity contribution in [3.63, 3.8) is 0 Å². The second kappa shape index (κ2) is 11.3. The van der Waals surface area contributed by atoms with Crippen LogP contribution < -0.4 is 19.5 Å². The molecule has 1 amide bonds. The van der Waals surface area contributed by atoms with Gasteiger partial charge in [0.05, 0.1) is 27.1 Å². The summed E-state index contributed by atoms with van der Waals surface area (Å²) in [6.07, 6.45) is 0. The lowest BCUT2D eigenvalue weighted by Gasteiger charge is -2.14. The third-order valence-corrected chi connectivity index (χ3v) is 5.88. The first kappa shape index (κ1) is 24.0. The standard InChI is InChI=1S/C26H24N4O4S/c1-32-20-14-19(15-21(33-2)25(20)34-3)27-22(31)16-35-26-28-23(17-10-6-4-7-11-17)24(29-30-26)18-12-8-5-9-13-18/h4-15H,16H2,1-3H3,(H,27,31). The Hall–Kier alpha value is -4.11. The molecule has 0 spiro atoms. The van der Waals surface area contributed by atoms with E-state index in [9.17, 15) is 4.79 Å². The number of methoxy groups -OCH3 is 3. The van der Waals surface area contributed by atoms with Gasteiger partial charge < -0.3 is 19.5 Å². The van der Waals surface area contributed by atoms with Gasteiger partial charge in [-0.15, -0.1) is 10.2 Å². The molecule has 0 aliphatic rings. The maximum atomic E-state index is 12.7. The van der Waals surface area contributed by atoms with Gasteiger partial charge >= 0.3 is 0 Å². The Morgan fingerprint density at radius 3 is 1.91 bits per heavy atom. The highest BCUT2D eigenvalue weighted by Crippen LogP contribution is 2.40. The first-order valence-electron chi connectivity index (χ1n) is 10.7. The molecule has 35 heavy (non-hydrogen) atoms. The summed E-state index contributed by atoms with van der Waals surface area (Å²) < 4.78 is 16.0. The van der Waals surface area contributed by atoms with E-state index in [1.54, 1.807) is 12.1 Å². The molecule has 0 fully saturated rings. The molecule has 0 radical (unpaired) electrons. The number of hydrogen-bond acceptors (Lipinski definition) is 8. The number of thioether (sulfide) groups is 1. The average molecular weight is 489 g/mol. The maximum Gasteiger partial charge on any atom is 0.234 e. The number of anilines is 1. The van der Waals surface area contributed by atoms with Crippen LogP contribution in [0.4, 0.5) is 5.69 Å². The van der Waals surface area contributed by atoms with Gasteiger partial charge in [-0.3, -0.25) is 4.79 Å². The lowest BCUT2D eigenvalue weighted by atomic mass is 10.0. The predicted molar refractivity (Wildman–Crippen MR) is 136 cm³/mol. The van der Waals surface area contributed by atoms with Crippen molar-refractivity contribution in [3.05, 3.63) is 72.8 Å². The van der Waals surface area contributed by atoms with Crippen molar-refractivity contribution in [1.29, 1.82) is 0 Å². The topological polar surface area (TPSA) is 95.5 Å². The number of ether oxygens (including phenoxy) is 3. The quantitative estimate of drug-likeness (QED) is 0.330. The lowest BCUT2D eigenvalue weighted by molar-refractivity contribution is -0.113. The van der Waals surface area contributed by atoms with Crippen molar-refractivity contribution in [1.82, 2.24) is 15.2 Å². The third-order valence-electron chi connectivity index (χ3n) is 5.04. The predicted octanol–water partition coefficient (Wildman–Crippen LogP) is 4.96. The van der Waals surface area contributed by atoms with Gasteiger partial charge in [0, 0.05) is 28.9 Å². The zero-order valence-electron chi connectivity index (χ0n) is 19.5. The molecule has 0 saturated carbocycles. The van der Waals surface area contributed by atoms with Crippen molar-refractivity contribution < 1.29 is 19.0 Å². The van der Waals surface area contributed by atoms with E-state index in [0.717, 1.165) is 11.1 Å². The van der Waals surface area contributed by atoms with E-state index in [1.165, 1.54) is 33.1 Å². The molecule has 3 aromatic carbocycles. The molecule has 0 aliphatic carbocycles. The fraction of sp³-hybridized carbons (Fsp3) is 0.154. The lowest BCUT2D eigenvalue weighted by Crippen LogP contribution is -2.15. The Morgan fingerprint density at radius 1 is 0.800 bits per heavy atom. The number of aromatic nitrogens is 3. The number of carbonyl (C=O) groups is 1. The number of nitrogens with zero attached hydrogens (tertiary/aromatic N) is 3. The van der Waals surface area contributed by atoms with Crippen LogP contribution in [-0.4, -0.2) is 48.2 Å². The van der Waals surface area contributed by atoms with Crippen molar-refractivity contribution >= 4 is 23.4 Å². The molecular weight excluding hydrogens is 464 g/mol. The minimum Gasteiger partial charge on any atom is -0.493 e. The number of carbonyl (C=O) groups excluding carboxylic acids is 1. The zero-order chi connectivity index (χ0) is 24.6. The van der Waals surface area contributed by atoms with Crippen LogP contribution in [0.3, 0.4) is 0 Å². The highest BCUT2D eigenvalue weighted by molar-refractivity contribution is 7.99. The number of rotatable bonds is 9. The Labute approximate surface area is 207 Å². The van der Waals surface area contributed by atoms with E-state index in [1.807, 2.05) is 60.7 Å². The second-order valence-electron chi connectivity index (χ2n) is 7.27. The smallest absolute Gasteiger partial charge is 0.234 e. The van der Waals surface area contributed by atoms with Crippen LogP contribution in [-0.2, 0) is 4.79 Å². The van der Waals surface area contributed by atoms with E-state index in [-0.39, 0.29) is 11.7 Å². The zero-order valence-corrected chi connectivity index (χ0v) is 20.3. The molecule has 0 aliphatic heterocycles. The summed E-state index contributed by atoms with van der Waals surface area (Å²) in [6.45, 7) is 0. The summed E-state index contributed by atoms with van der Waals surface area (Å²) in [7, 11) is 4.56. The molecule has 1 N–H and O–H groups in total. The highest BCUT2D eigenvalue weighted by atomic mass is 32.2.